The fraction of sp³-hybridized carbons (Fsp3) is 0.417. The summed E-state index contributed by atoms with van der Waals surface area (Å²) in [4.78, 5) is 92.9. The summed E-state index contributed by atoms with van der Waals surface area (Å²) in [5.74, 6) is 0.0911. The molecule has 1 aliphatic heterocycles. The second-order valence-electron chi connectivity index (χ2n) is 22.1. The zero-order valence-electron chi connectivity index (χ0n) is 52.1. The van der Waals surface area contributed by atoms with Crippen LogP contribution >= 0.6 is 69.6 Å². The molecule has 9 N–H and O–H groups in total. The third kappa shape index (κ3) is 24.4. The van der Waals surface area contributed by atoms with Crippen LogP contribution in [0.1, 0.15) is 207 Å². The summed E-state index contributed by atoms with van der Waals surface area (Å²) in [6.45, 7) is 14.5. The standard InChI is InChI=1S/C22H26Cl2N4O2.C19H25Cl2N3O.C16H9Cl2NO3.C11H20N2O.4CH4/c1-3-5-6-13(4-2)11-26-22(30)20-15(14-7-8-16(23)17(24)9-14)12-28-19(29)10-18(25)27-21(20)28;1-3-5-6-12(4-2)10-24-19(25)17-14(11-23-18(17)22)13-7-8-15(20)16(21)9-13;17-12-6-5-9(7-13(12)18)14(20)8-19-15(21)10-3-1-2-4-11(10)16(19)22;1-3-5-6-10(4-2)9-13-11(14)7-8-12;;;;/h7-10,12-13,27H,3-6,11,25H2,1-2H3,(H,26,30);7-9,11-12,23H,3-6,10,22H2,1-2H3,(H,24,25);1-7H,8H2;10H,3-7,9H2,1-2H3,(H,13,14);4*1H4. The van der Waals surface area contributed by atoms with Crippen LogP contribution < -0.4 is 33.0 Å². The highest BCUT2D eigenvalue weighted by molar-refractivity contribution is 6.43. The molecule has 4 aromatic carbocycles. The largest absolute Gasteiger partial charge is 0.385 e. The molecule has 95 heavy (non-hydrogen) atoms. The minimum Gasteiger partial charge on any atom is -0.385 e. The van der Waals surface area contributed by atoms with Gasteiger partial charge in [-0.15, -0.1) is 0 Å². The van der Waals surface area contributed by atoms with E-state index in [4.69, 9.17) is 86.3 Å². The number of ketones is 1. The quantitative estimate of drug-likeness (QED) is 0.0199. The van der Waals surface area contributed by atoms with Crippen molar-refractivity contribution >= 4 is 122 Å². The highest BCUT2D eigenvalue weighted by atomic mass is 35.5. The number of aromatic nitrogens is 3. The third-order valence-electron chi connectivity index (χ3n) is 15.6. The number of aromatic amines is 2. The molecule has 3 aromatic heterocycles. The number of Topliss-reactive ketones (excluding diaryl/α,β-unsaturated/α-hetero) is 1. The van der Waals surface area contributed by atoms with Crippen molar-refractivity contribution < 1.29 is 28.8 Å². The van der Waals surface area contributed by atoms with Gasteiger partial charge < -0.3 is 37.4 Å². The maximum atomic E-state index is 13.2. The lowest BCUT2D eigenvalue weighted by Gasteiger charge is -2.15. The number of nitriles is 1. The van der Waals surface area contributed by atoms with Crippen molar-refractivity contribution in [2.45, 2.75) is 155 Å². The minimum absolute atomic E-state index is 0. The fourth-order valence-corrected chi connectivity index (χ4v) is 10.9. The normalized spacial score (nSPS) is 11.9. The highest BCUT2D eigenvalue weighted by Crippen LogP contribution is 2.35. The average Bonchev–Trinajstić information content (AvgIpc) is 1.66. The molecule has 518 valence electrons. The Kier molecular flexibility index (Phi) is 38.8. The fourth-order valence-electron chi connectivity index (χ4n) is 10.0. The molecule has 4 heterocycles. The number of hydrogen-bond acceptors (Lipinski definition) is 10. The molecule has 0 aliphatic carbocycles. The third-order valence-corrected chi connectivity index (χ3v) is 17.8. The van der Waals surface area contributed by atoms with Gasteiger partial charge in [0.1, 0.15) is 23.7 Å². The van der Waals surface area contributed by atoms with Crippen molar-refractivity contribution in [3.8, 4) is 28.3 Å². The maximum absolute atomic E-state index is 13.2. The zero-order valence-corrected chi connectivity index (χ0v) is 56.6. The number of benzene rings is 4. The van der Waals surface area contributed by atoms with Gasteiger partial charge >= 0.3 is 0 Å². The van der Waals surface area contributed by atoms with E-state index in [-0.39, 0.29) is 82.6 Å². The van der Waals surface area contributed by atoms with Crippen LogP contribution in [0.25, 0.3) is 27.9 Å². The average molecular weight is 1430 g/mol. The number of unbranched alkanes of at least 4 members (excludes halogenated alkanes) is 3. The van der Waals surface area contributed by atoms with Crippen LogP contribution in [-0.2, 0) is 4.79 Å². The summed E-state index contributed by atoms with van der Waals surface area (Å²) < 4.78 is 1.39. The number of nitrogens with zero attached hydrogens (tertiary/aromatic N) is 3. The predicted molar refractivity (Wildman–Crippen MR) is 396 cm³/mol. The first kappa shape index (κ1) is 85.7. The van der Waals surface area contributed by atoms with E-state index in [1.165, 1.54) is 54.3 Å². The molecular weight excluding hydrogens is 1330 g/mol. The van der Waals surface area contributed by atoms with E-state index in [1.54, 1.807) is 67.0 Å². The molecule has 8 rings (SSSR count). The van der Waals surface area contributed by atoms with Gasteiger partial charge in [0, 0.05) is 54.8 Å². The Morgan fingerprint density at radius 3 is 1.44 bits per heavy atom. The molecule has 3 unspecified atom stereocenters. The summed E-state index contributed by atoms with van der Waals surface area (Å²) in [6, 6.07) is 24.4. The van der Waals surface area contributed by atoms with Gasteiger partial charge in [0.05, 0.1) is 65.0 Å². The number of fused-ring (bicyclic) bond motifs is 2. The first-order chi connectivity index (χ1) is 43.5. The van der Waals surface area contributed by atoms with Gasteiger partial charge in [-0.3, -0.25) is 42.9 Å². The number of imide groups is 1. The van der Waals surface area contributed by atoms with Crippen LogP contribution in [0.4, 0.5) is 11.6 Å². The second-order valence-corrected chi connectivity index (χ2v) is 24.5. The lowest BCUT2D eigenvalue weighted by atomic mass is 9.99. The van der Waals surface area contributed by atoms with Crippen LogP contribution in [0.3, 0.4) is 0 Å². The number of rotatable bonds is 26. The molecule has 0 spiro atoms. The Morgan fingerprint density at radius 1 is 0.558 bits per heavy atom. The van der Waals surface area contributed by atoms with Gasteiger partial charge in [0.25, 0.3) is 29.2 Å². The number of hydrogen-bond donors (Lipinski definition) is 7. The zero-order chi connectivity index (χ0) is 66.9. The van der Waals surface area contributed by atoms with Gasteiger partial charge in [0.2, 0.25) is 5.91 Å². The summed E-state index contributed by atoms with van der Waals surface area (Å²) in [5, 5.41) is 19.4. The molecule has 5 amide bonds. The Morgan fingerprint density at radius 2 is 1.00 bits per heavy atom. The van der Waals surface area contributed by atoms with E-state index < -0.39 is 11.8 Å². The number of nitrogens with two attached hydrogens (primary N) is 2. The van der Waals surface area contributed by atoms with E-state index in [2.05, 4.69) is 67.5 Å². The van der Waals surface area contributed by atoms with Crippen LogP contribution in [0.2, 0.25) is 30.1 Å². The minimum atomic E-state index is -0.464. The topological polar surface area (TPSA) is 271 Å². The Hall–Kier alpha value is -7.30. The number of nitrogens with one attached hydrogen (secondary N) is 5. The monoisotopic (exact) mass is 1420 g/mol. The van der Waals surface area contributed by atoms with Crippen LogP contribution in [0, 0.1) is 29.1 Å². The lowest BCUT2D eigenvalue weighted by molar-refractivity contribution is -0.120. The molecule has 0 saturated heterocycles. The Bertz CT molecular complexity index is 3730. The molecule has 0 radical (unpaired) electrons. The number of carbonyl (C=O) groups excluding carboxylic acids is 6. The number of anilines is 2. The van der Waals surface area contributed by atoms with Crippen molar-refractivity contribution in [3.05, 3.63) is 166 Å². The highest BCUT2D eigenvalue weighted by Gasteiger charge is 2.36. The molecule has 0 saturated carbocycles. The second kappa shape index (κ2) is 43.0. The van der Waals surface area contributed by atoms with Crippen molar-refractivity contribution in [1.29, 1.82) is 5.26 Å². The molecule has 7 aromatic rings. The summed E-state index contributed by atoms with van der Waals surface area (Å²) in [5.41, 5.74) is 16.4. The number of carbonyl (C=O) groups is 6. The van der Waals surface area contributed by atoms with Gasteiger partial charge in [-0.05, 0) is 103 Å². The van der Waals surface area contributed by atoms with Gasteiger partial charge in [-0.2, -0.15) is 5.26 Å². The van der Waals surface area contributed by atoms with Crippen molar-refractivity contribution in [2.75, 3.05) is 37.6 Å². The van der Waals surface area contributed by atoms with E-state index in [0.717, 1.165) is 73.9 Å². The Balaban J connectivity index is 0.000000643. The number of amides is 5. The summed E-state index contributed by atoms with van der Waals surface area (Å²) >= 11 is 36.0. The van der Waals surface area contributed by atoms with Crippen LogP contribution in [-0.4, -0.2) is 80.8 Å². The van der Waals surface area contributed by atoms with Gasteiger partial charge in [0.15, 0.2) is 5.78 Å². The Labute approximate surface area is 591 Å². The van der Waals surface area contributed by atoms with Gasteiger partial charge in [-0.25, -0.2) is 0 Å². The van der Waals surface area contributed by atoms with Crippen LogP contribution in [0.5, 0.6) is 0 Å². The van der Waals surface area contributed by atoms with Crippen molar-refractivity contribution in [3.63, 3.8) is 0 Å². The molecule has 23 heteroatoms. The van der Waals surface area contributed by atoms with E-state index in [0.29, 0.717) is 106 Å². The maximum Gasteiger partial charge on any atom is 0.261 e. The molecule has 0 bridgehead atoms. The van der Waals surface area contributed by atoms with Crippen molar-refractivity contribution in [2.24, 2.45) is 17.8 Å². The molecule has 1 aliphatic rings. The summed E-state index contributed by atoms with van der Waals surface area (Å²) in [6.07, 6.45) is 16.8. The lowest BCUT2D eigenvalue weighted by Crippen LogP contribution is -2.34. The SMILES string of the molecule is C.C.C.C.CCCCC(CC)CNC(=O)CC#N.CCCCC(CC)CNC(=O)c1c(-c2ccc(Cl)c(Cl)c2)c[nH]c1N.CCCCC(CC)CNC(=O)c1c(-c2ccc(Cl)c(Cl)c2)cn2c(=O)cc(N)[nH]c12.O=C(CN1C(=O)c2ccccc2C1=O)c1ccc(Cl)c(Cl)c1. The molecule has 0 fully saturated rings. The number of nitrogen functional groups attached to an aromatic ring is 2. The number of H-pyrrole nitrogens is 2. The van der Waals surface area contributed by atoms with E-state index >= 15 is 0 Å². The molecule has 3 atom stereocenters. The summed E-state index contributed by atoms with van der Waals surface area (Å²) in [7, 11) is 0. The van der Waals surface area contributed by atoms with Crippen LogP contribution in [0.15, 0.2) is 102 Å². The molecule has 17 nitrogen and oxygen atoms in total. The first-order valence-corrected chi connectivity index (χ1v) is 32.9. The molecular formula is C72H96Cl6N10O7. The smallest absolute Gasteiger partial charge is 0.261 e. The van der Waals surface area contributed by atoms with Crippen molar-refractivity contribution in [1.82, 2.24) is 35.2 Å². The van der Waals surface area contributed by atoms with E-state index in [9.17, 15) is 33.6 Å². The first-order valence-electron chi connectivity index (χ1n) is 30.6. The van der Waals surface area contributed by atoms with Gasteiger partial charge in [-0.1, -0.05) is 223 Å². The van der Waals surface area contributed by atoms with E-state index in [1.807, 2.05) is 12.1 Å². The number of halogens is 6. The predicted octanol–water partition coefficient (Wildman–Crippen LogP) is 18.9.